The van der Waals surface area contributed by atoms with Gasteiger partial charge in [0.2, 0.25) is 0 Å². The predicted molar refractivity (Wildman–Crippen MR) is 74.6 cm³/mol. The average molecular weight is 265 g/mol. The SMILES string of the molecule is CCOc1ccc([C@@H](N)C2CCOCC2)cc1OC. The van der Waals surface area contributed by atoms with Crippen LogP contribution in [0.15, 0.2) is 18.2 Å². The molecule has 0 spiro atoms. The lowest BCUT2D eigenvalue weighted by Gasteiger charge is -2.28. The Bertz CT molecular complexity index is 402. The minimum absolute atomic E-state index is 0.0356. The smallest absolute Gasteiger partial charge is 0.161 e. The molecule has 106 valence electrons. The van der Waals surface area contributed by atoms with Crippen LogP contribution in [0.25, 0.3) is 0 Å². The maximum atomic E-state index is 6.37. The molecule has 0 amide bonds. The van der Waals surface area contributed by atoms with Gasteiger partial charge in [0.25, 0.3) is 0 Å². The first kappa shape index (κ1) is 14.2. The molecule has 0 aromatic heterocycles. The van der Waals surface area contributed by atoms with Gasteiger partial charge in [-0.2, -0.15) is 0 Å². The van der Waals surface area contributed by atoms with Crippen molar-refractivity contribution >= 4 is 0 Å². The topological polar surface area (TPSA) is 53.7 Å². The molecule has 1 aliphatic rings. The normalized spacial score (nSPS) is 18.1. The van der Waals surface area contributed by atoms with Crippen molar-refractivity contribution < 1.29 is 14.2 Å². The van der Waals surface area contributed by atoms with E-state index in [1.807, 2.05) is 25.1 Å². The Morgan fingerprint density at radius 2 is 2.05 bits per heavy atom. The van der Waals surface area contributed by atoms with Crippen LogP contribution in [0.5, 0.6) is 11.5 Å². The fraction of sp³-hybridized carbons (Fsp3) is 0.600. The highest BCUT2D eigenvalue weighted by Crippen LogP contribution is 2.34. The summed E-state index contributed by atoms with van der Waals surface area (Å²) >= 11 is 0. The molecular formula is C15H23NO3. The Kier molecular flexibility index (Phi) is 5.05. The third kappa shape index (κ3) is 3.39. The van der Waals surface area contributed by atoms with Crippen LogP contribution in [-0.2, 0) is 4.74 Å². The van der Waals surface area contributed by atoms with Crippen molar-refractivity contribution in [3.05, 3.63) is 23.8 Å². The molecule has 4 nitrogen and oxygen atoms in total. The molecule has 2 rings (SSSR count). The maximum Gasteiger partial charge on any atom is 0.161 e. The second-order valence-corrected chi connectivity index (χ2v) is 4.82. The molecule has 1 atom stereocenters. The number of benzene rings is 1. The highest BCUT2D eigenvalue weighted by molar-refractivity contribution is 5.44. The van der Waals surface area contributed by atoms with Gasteiger partial charge >= 0.3 is 0 Å². The van der Waals surface area contributed by atoms with E-state index < -0.39 is 0 Å². The van der Waals surface area contributed by atoms with Crippen molar-refractivity contribution in [2.24, 2.45) is 11.7 Å². The van der Waals surface area contributed by atoms with Crippen molar-refractivity contribution in [2.75, 3.05) is 26.9 Å². The lowest BCUT2D eigenvalue weighted by molar-refractivity contribution is 0.0583. The summed E-state index contributed by atoms with van der Waals surface area (Å²) in [5.74, 6) is 2.01. The predicted octanol–water partition coefficient (Wildman–Crippen LogP) is 2.52. The average Bonchev–Trinajstić information content (AvgIpc) is 2.48. The quantitative estimate of drug-likeness (QED) is 0.889. The summed E-state index contributed by atoms with van der Waals surface area (Å²) < 4.78 is 16.3. The van der Waals surface area contributed by atoms with Gasteiger partial charge in [0, 0.05) is 19.3 Å². The molecule has 19 heavy (non-hydrogen) atoms. The van der Waals surface area contributed by atoms with E-state index in [0.29, 0.717) is 12.5 Å². The number of methoxy groups -OCH3 is 1. The summed E-state index contributed by atoms with van der Waals surface area (Å²) in [5, 5.41) is 0. The molecule has 1 aromatic carbocycles. The highest BCUT2D eigenvalue weighted by Gasteiger charge is 2.23. The molecule has 1 aromatic rings. The number of ether oxygens (including phenoxy) is 3. The van der Waals surface area contributed by atoms with Crippen LogP contribution >= 0.6 is 0 Å². The van der Waals surface area contributed by atoms with Gasteiger partial charge in [-0.1, -0.05) is 6.07 Å². The van der Waals surface area contributed by atoms with E-state index in [0.717, 1.165) is 43.1 Å². The molecule has 1 aliphatic heterocycles. The minimum atomic E-state index is 0.0356. The Morgan fingerprint density at radius 3 is 2.68 bits per heavy atom. The van der Waals surface area contributed by atoms with E-state index in [-0.39, 0.29) is 6.04 Å². The van der Waals surface area contributed by atoms with Gasteiger partial charge in [0.1, 0.15) is 0 Å². The van der Waals surface area contributed by atoms with E-state index in [1.165, 1.54) is 0 Å². The maximum absolute atomic E-state index is 6.37. The zero-order valence-corrected chi connectivity index (χ0v) is 11.7. The Hall–Kier alpha value is -1.26. The standard InChI is InChI=1S/C15H23NO3/c1-3-19-13-5-4-12(10-14(13)17-2)15(16)11-6-8-18-9-7-11/h4-5,10-11,15H,3,6-9,16H2,1-2H3/t15-/m0/s1. The molecule has 0 aliphatic carbocycles. The second kappa shape index (κ2) is 6.78. The number of hydrogen-bond acceptors (Lipinski definition) is 4. The third-order valence-corrected chi connectivity index (χ3v) is 3.65. The summed E-state index contributed by atoms with van der Waals surface area (Å²) in [4.78, 5) is 0. The van der Waals surface area contributed by atoms with Crippen molar-refractivity contribution in [3.63, 3.8) is 0 Å². The third-order valence-electron chi connectivity index (χ3n) is 3.65. The van der Waals surface area contributed by atoms with Crippen LogP contribution in [0.2, 0.25) is 0 Å². The van der Waals surface area contributed by atoms with E-state index in [4.69, 9.17) is 19.9 Å². The number of hydrogen-bond donors (Lipinski definition) is 1. The lowest BCUT2D eigenvalue weighted by Crippen LogP contribution is -2.27. The zero-order chi connectivity index (χ0) is 13.7. The molecule has 1 saturated heterocycles. The van der Waals surface area contributed by atoms with E-state index >= 15 is 0 Å². The molecule has 0 unspecified atom stereocenters. The number of rotatable bonds is 5. The molecule has 0 saturated carbocycles. The highest BCUT2D eigenvalue weighted by atomic mass is 16.5. The van der Waals surface area contributed by atoms with Crippen LogP contribution < -0.4 is 15.2 Å². The largest absolute Gasteiger partial charge is 0.493 e. The summed E-state index contributed by atoms with van der Waals surface area (Å²) in [6, 6.07) is 6.00. The first-order chi connectivity index (χ1) is 9.26. The fourth-order valence-electron chi connectivity index (χ4n) is 2.51. The first-order valence-corrected chi connectivity index (χ1v) is 6.90. The number of nitrogens with two attached hydrogens (primary N) is 1. The van der Waals surface area contributed by atoms with Crippen LogP contribution in [0, 0.1) is 5.92 Å². The van der Waals surface area contributed by atoms with Gasteiger partial charge in [-0.05, 0) is 43.4 Å². The minimum Gasteiger partial charge on any atom is -0.493 e. The van der Waals surface area contributed by atoms with Crippen LogP contribution in [0.3, 0.4) is 0 Å². The molecule has 0 radical (unpaired) electrons. The molecule has 1 heterocycles. The first-order valence-electron chi connectivity index (χ1n) is 6.90. The van der Waals surface area contributed by atoms with Crippen LogP contribution in [-0.4, -0.2) is 26.9 Å². The molecule has 4 heteroatoms. The van der Waals surface area contributed by atoms with E-state index in [9.17, 15) is 0 Å². The Labute approximate surface area is 114 Å². The van der Waals surface area contributed by atoms with Crippen molar-refractivity contribution in [2.45, 2.75) is 25.8 Å². The van der Waals surface area contributed by atoms with Gasteiger partial charge in [0.05, 0.1) is 13.7 Å². The molecule has 2 N–H and O–H groups in total. The van der Waals surface area contributed by atoms with Gasteiger partial charge in [0.15, 0.2) is 11.5 Å². The fourth-order valence-corrected chi connectivity index (χ4v) is 2.51. The van der Waals surface area contributed by atoms with E-state index in [1.54, 1.807) is 7.11 Å². The molecule has 0 bridgehead atoms. The van der Waals surface area contributed by atoms with Gasteiger partial charge < -0.3 is 19.9 Å². The molecular weight excluding hydrogens is 242 g/mol. The van der Waals surface area contributed by atoms with Gasteiger partial charge in [-0.25, -0.2) is 0 Å². The monoisotopic (exact) mass is 265 g/mol. The summed E-state index contributed by atoms with van der Waals surface area (Å²) in [7, 11) is 1.65. The summed E-state index contributed by atoms with van der Waals surface area (Å²) in [6.07, 6.45) is 2.05. The van der Waals surface area contributed by atoms with Crippen molar-refractivity contribution in [3.8, 4) is 11.5 Å². The summed E-state index contributed by atoms with van der Waals surface area (Å²) in [6.45, 7) is 4.21. The van der Waals surface area contributed by atoms with E-state index in [2.05, 4.69) is 0 Å². The van der Waals surface area contributed by atoms with Gasteiger partial charge in [-0.3, -0.25) is 0 Å². The van der Waals surface area contributed by atoms with Crippen molar-refractivity contribution in [1.29, 1.82) is 0 Å². The zero-order valence-electron chi connectivity index (χ0n) is 11.7. The lowest BCUT2D eigenvalue weighted by atomic mass is 9.88. The second-order valence-electron chi connectivity index (χ2n) is 4.82. The van der Waals surface area contributed by atoms with Crippen LogP contribution in [0.4, 0.5) is 0 Å². The van der Waals surface area contributed by atoms with Gasteiger partial charge in [-0.15, -0.1) is 0 Å². The Morgan fingerprint density at radius 1 is 1.32 bits per heavy atom. The Balaban J connectivity index is 2.14. The van der Waals surface area contributed by atoms with Crippen LogP contribution in [0.1, 0.15) is 31.4 Å². The van der Waals surface area contributed by atoms with Crippen molar-refractivity contribution in [1.82, 2.24) is 0 Å². The summed E-state index contributed by atoms with van der Waals surface area (Å²) in [5.41, 5.74) is 7.47. The molecule has 1 fully saturated rings.